The second-order valence-electron chi connectivity index (χ2n) is 6.84. The molecule has 0 spiro atoms. The molecule has 2 aromatic rings. The summed E-state index contributed by atoms with van der Waals surface area (Å²) in [6.07, 6.45) is -0.330. The van der Waals surface area contributed by atoms with Crippen molar-refractivity contribution >= 4 is 22.7 Å². The van der Waals surface area contributed by atoms with Crippen LogP contribution in [0.5, 0.6) is 0 Å². The van der Waals surface area contributed by atoms with Crippen molar-refractivity contribution in [3.63, 3.8) is 0 Å². The third-order valence-corrected chi connectivity index (χ3v) is 5.11. The third kappa shape index (κ3) is 3.65. The highest BCUT2D eigenvalue weighted by molar-refractivity contribution is 6.06. The molecule has 0 bridgehead atoms. The molecule has 2 fully saturated rings. The van der Waals surface area contributed by atoms with Crippen LogP contribution in [0, 0.1) is 0 Å². The van der Waals surface area contributed by atoms with Crippen LogP contribution >= 0.6 is 0 Å². The van der Waals surface area contributed by atoms with Gasteiger partial charge in [-0.15, -0.1) is 0 Å². The highest BCUT2D eigenvalue weighted by Gasteiger charge is 2.27. The predicted octanol–water partition coefficient (Wildman–Crippen LogP) is 1.63. The predicted molar refractivity (Wildman–Crippen MR) is 99.4 cm³/mol. The number of hydrogen-bond acceptors (Lipinski definition) is 5. The fourth-order valence-electron chi connectivity index (χ4n) is 3.59. The van der Waals surface area contributed by atoms with Crippen molar-refractivity contribution in [3.05, 3.63) is 41.6 Å². The number of para-hydroxylation sites is 1. The number of carbonyl (C=O) groups is 2. The molecule has 4 rings (SSSR count). The van der Waals surface area contributed by atoms with Gasteiger partial charge in [0.2, 0.25) is 5.91 Å². The molecule has 27 heavy (non-hydrogen) atoms. The Bertz CT molecular complexity index is 863. The second kappa shape index (κ2) is 7.62. The summed E-state index contributed by atoms with van der Waals surface area (Å²) in [4.78, 5) is 33.2. The monoisotopic (exact) mass is 369 g/mol. The molecule has 2 aliphatic rings. The smallest absolute Gasteiger partial charge is 0.254 e. The van der Waals surface area contributed by atoms with E-state index in [1.165, 1.54) is 0 Å². The van der Waals surface area contributed by atoms with Gasteiger partial charge in [0.1, 0.15) is 6.10 Å². The number of carbonyl (C=O) groups excluding carboxylic acids is 2. The Balaban J connectivity index is 1.72. The van der Waals surface area contributed by atoms with Crippen molar-refractivity contribution in [2.75, 3.05) is 46.0 Å². The van der Waals surface area contributed by atoms with Gasteiger partial charge in [-0.05, 0) is 12.1 Å². The third-order valence-electron chi connectivity index (χ3n) is 5.11. The van der Waals surface area contributed by atoms with Crippen molar-refractivity contribution in [1.29, 1.82) is 0 Å². The number of pyridine rings is 1. The van der Waals surface area contributed by atoms with E-state index >= 15 is 0 Å². The van der Waals surface area contributed by atoms with Gasteiger partial charge in [-0.1, -0.05) is 18.2 Å². The van der Waals surface area contributed by atoms with Gasteiger partial charge in [0, 0.05) is 31.9 Å². The van der Waals surface area contributed by atoms with Crippen molar-refractivity contribution < 1.29 is 19.1 Å². The zero-order chi connectivity index (χ0) is 18.8. The quantitative estimate of drug-likeness (QED) is 0.805. The van der Waals surface area contributed by atoms with Gasteiger partial charge in [-0.25, -0.2) is 4.98 Å². The normalized spacial score (nSPS) is 20.7. The zero-order valence-electron chi connectivity index (χ0n) is 15.4. The van der Waals surface area contributed by atoms with Gasteiger partial charge < -0.3 is 19.3 Å². The van der Waals surface area contributed by atoms with E-state index < -0.39 is 0 Å². The van der Waals surface area contributed by atoms with E-state index in [0.29, 0.717) is 57.3 Å². The van der Waals surface area contributed by atoms with Crippen LogP contribution in [0.3, 0.4) is 0 Å². The maximum absolute atomic E-state index is 13.2. The number of amides is 2. The minimum absolute atomic E-state index is 0.0163. The SMILES string of the molecule is CC(=O)N1CCO[C@@H](c2cc(C(=O)N3CCOCC3)c3ccccc3n2)C1. The Labute approximate surface area is 157 Å². The van der Waals surface area contributed by atoms with E-state index in [1.807, 2.05) is 35.2 Å². The van der Waals surface area contributed by atoms with E-state index in [1.54, 1.807) is 11.8 Å². The summed E-state index contributed by atoms with van der Waals surface area (Å²) in [7, 11) is 0. The molecule has 2 amide bonds. The minimum Gasteiger partial charge on any atom is -0.378 e. The number of fused-ring (bicyclic) bond motifs is 1. The van der Waals surface area contributed by atoms with Crippen molar-refractivity contribution in [3.8, 4) is 0 Å². The van der Waals surface area contributed by atoms with E-state index in [9.17, 15) is 9.59 Å². The summed E-state index contributed by atoms with van der Waals surface area (Å²) < 4.78 is 11.2. The Morgan fingerprint density at radius 1 is 1.07 bits per heavy atom. The molecule has 7 heteroatoms. The molecule has 1 atom stereocenters. The van der Waals surface area contributed by atoms with E-state index in [-0.39, 0.29) is 17.9 Å². The Morgan fingerprint density at radius 2 is 1.81 bits per heavy atom. The molecule has 0 unspecified atom stereocenters. The molecular weight excluding hydrogens is 346 g/mol. The maximum atomic E-state index is 13.2. The topological polar surface area (TPSA) is 72.0 Å². The Kier molecular flexibility index (Phi) is 5.05. The number of nitrogens with zero attached hydrogens (tertiary/aromatic N) is 3. The van der Waals surface area contributed by atoms with Gasteiger partial charge in [-0.2, -0.15) is 0 Å². The lowest BCUT2D eigenvalue weighted by Gasteiger charge is -2.32. The van der Waals surface area contributed by atoms with Crippen molar-refractivity contribution in [1.82, 2.24) is 14.8 Å². The van der Waals surface area contributed by atoms with Gasteiger partial charge in [0.15, 0.2) is 0 Å². The van der Waals surface area contributed by atoms with Crippen LogP contribution in [0.4, 0.5) is 0 Å². The van der Waals surface area contributed by atoms with Crippen LogP contribution in [-0.4, -0.2) is 72.6 Å². The molecule has 142 valence electrons. The Morgan fingerprint density at radius 3 is 2.59 bits per heavy atom. The Hall–Kier alpha value is -2.51. The number of rotatable bonds is 2. The first kappa shape index (κ1) is 17.9. The largest absolute Gasteiger partial charge is 0.378 e. The number of aromatic nitrogens is 1. The van der Waals surface area contributed by atoms with Crippen molar-refractivity contribution in [2.24, 2.45) is 0 Å². The first-order valence-electron chi connectivity index (χ1n) is 9.27. The van der Waals surface area contributed by atoms with Crippen LogP contribution in [0.25, 0.3) is 10.9 Å². The lowest BCUT2D eigenvalue weighted by Crippen LogP contribution is -2.42. The van der Waals surface area contributed by atoms with Crippen LogP contribution in [0.2, 0.25) is 0 Å². The van der Waals surface area contributed by atoms with Crippen LogP contribution in [0.15, 0.2) is 30.3 Å². The summed E-state index contributed by atoms with van der Waals surface area (Å²) >= 11 is 0. The van der Waals surface area contributed by atoms with Gasteiger partial charge in [0.05, 0.1) is 43.1 Å². The maximum Gasteiger partial charge on any atom is 0.254 e. The molecule has 1 aromatic heterocycles. The lowest BCUT2D eigenvalue weighted by atomic mass is 10.0. The molecule has 0 saturated carbocycles. The van der Waals surface area contributed by atoms with E-state index in [0.717, 1.165) is 10.9 Å². The number of benzene rings is 1. The average molecular weight is 369 g/mol. The number of ether oxygens (including phenoxy) is 2. The standard InChI is InChI=1S/C20H23N3O4/c1-14(24)23-8-11-27-19(13-23)18-12-16(15-4-2-3-5-17(15)21-18)20(25)22-6-9-26-10-7-22/h2-5,12,19H,6-11,13H2,1H3/t19-/m1/s1. The fraction of sp³-hybridized carbons (Fsp3) is 0.450. The molecule has 0 aliphatic carbocycles. The van der Waals surface area contributed by atoms with Crippen molar-refractivity contribution in [2.45, 2.75) is 13.0 Å². The minimum atomic E-state index is -0.330. The molecule has 2 aliphatic heterocycles. The summed E-state index contributed by atoms with van der Waals surface area (Å²) in [6.45, 7) is 5.34. The van der Waals surface area contributed by atoms with Gasteiger partial charge in [-0.3, -0.25) is 9.59 Å². The van der Waals surface area contributed by atoms with Crippen LogP contribution in [0.1, 0.15) is 29.1 Å². The van der Waals surface area contributed by atoms with Gasteiger partial charge in [0.25, 0.3) is 5.91 Å². The molecule has 3 heterocycles. The average Bonchev–Trinajstić information content (AvgIpc) is 2.73. The van der Waals surface area contributed by atoms with Crippen LogP contribution < -0.4 is 0 Å². The first-order chi connectivity index (χ1) is 13.1. The highest BCUT2D eigenvalue weighted by atomic mass is 16.5. The number of morpholine rings is 2. The molecule has 0 N–H and O–H groups in total. The summed E-state index contributed by atoms with van der Waals surface area (Å²) in [6, 6.07) is 9.47. The summed E-state index contributed by atoms with van der Waals surface area (Å²) in [5.41, 5.74) is 2.08. The number of hydrogen-bond donors (Lipinski definition) is 0. The van der Waals surface area contributed by atoms with E-state index in [2.05, 4.69) is 0 Å². The summed E-state index contributed by atoms with van der Waals surface area (Å²) in [5, 5.41) is 0.831. The molecule has 1 aromatic carbocycles. The second-order valence-corrected chi connectivity index (χ2v) is 6.84. The molecular formula is C20H23N3O4. The van der Waals surface area contributed by atoms with Gasteiger partial charge >= 0.3 is 0 Å². The first-order valence-corrected chi connectivity index (χ1v) is 9.27. The zero-order valence-corrected chi connectivity index (χ0v) is 15.4. The molecule has 0 radical (unpaired) electrons. The molecule has 2 saturated heterocycles. The van der Waals surface area contributed by atoms with Crippen LogP contribution in [-0.2, 0) is 14.3 Å². The highest BCUT2D eigenvalue weighted by Crippen LogP contribution is 2.27. The fourth-order valence-corrected chi connectivity index (χ4v) is 3.59. The lowest BCUT2D eigenvalue weighted by molar-refractivity contribution is -0.136. The van der Waals surface area contributed by atoms with E-state index in [4.69, 9.17) is 14.5 Å². The summed E-state index contributed by atoms with van der Waals surface area (Å²) in [5.74, 6) is 0.00564. The molecule has 7 nitrogen and oxygen atoms in total.